The largest absolute Gasteiger partial charge is 0.389 e. The summed E-state index contributed by atoms with van der Waals surface area (Å²) >= 11 is 4.86. The Bertz CT molecular complexity index is 455. The van der Waals surface area contributed by atoms with E-state index in [4.69, 9.17) is 22.7 Å². The van der Waals surface area contributed by atoms with Crippen LogP contribution in [0.5, 0.6) is 0 Å². The minimum Gasteiger partial charge on any atom is -0.389 e. The fourth-order valence-electron chi connectivity index (χ4n) is 1.62. The van der Waals surface area contributed by atoms with Crippen molar-refractivity contribution in [2.75, 3.05) is 13.2 Å². The number of benzene rings is 1. The molecule has 5 heteroatoms. The van der Waals surface area contributed by atoms with Crippen molar-refractivity contribution in [1.82, 2.24) is 5.32 Å². The van der Waals surface area contributed by atoms with Gasteiger partial charge in [-0.15, -0.1) is 0 Å². The molecule has 0 aromatic heterocycles. The zero-order valence-electron chi connectivity index (χ0n) is 11.5. The quantitative estimate of drug-likeness (QED) is 0.781. The Kier molecular flexibility index (Phi) is 5.44. The SMILES string of the molecule is CCOC(C)(C)CNC(=O)c1ccc(C(N)=S)cc1. The molecule has 0 aliphatic heterocycles. The van der Waals surface area contributed by atoms with Gasteiger partial charge >= 0.3 is 0 Å². The molecule has 0 radical (unpaired) electrons. The molecule has 0 saturated carbocycles. The first kappa shape index (κ1) is 15.6. The van der Waals surface area contributed by atoms with E-state index in [-0.39, 0.29) is 11.5 Å². The van der Waals surface area contributed by atoms with Gasteiger partial charge in [0.25, 0.3) is 5.91 Å². The first-order chi connectivity index (χ1) is 8.85. The van der Waals surface area contributed by atoms with Gasteiger partial charge in [-0.1, -0.05) is 24.4 Å². The van der Waals surface area contributed by atoms with E-state index in [0.717, 1.165) is 5.56 Å². The van der Waals surface area contributed by atoms with Gasteiger partial charge in [-0.05, 0) is 32.9 Å². The van der Waals surface area contributed by atoms with Crippen LogP contribution >= 0.6 is 12.2 Å². The van der Waals surface area contributed by atoms with E-state index >= 15 is 0 Å². The summed E-state index contributed by atoms with van der Waals surface area (Å²) in [6, 6.07) is 6.89. The van der Waals surface area contributed by atoms with E-state index in [9.17, 15) is 4.79 Å². The third kappa shape index (κ3) is 4.96. The molecule has 0 aliphatic rings. The topological polar surface area (TPSA) is 64.3 Å². The molecule has 104 valence electrons. The summed E-state index contributed by atoms with van der Waals surface area (Å²) in [6.07, 6.45) is 0. The molecule has 0 atom stereocenters. The number of amides is 1. The normalized spacial score (nSPS) is 11.1. The summed E-state index contributed by atoms with van der Waals surface area (Å²) in [5.74, 6) is -0.137. The summed E-state index contributed by atoms with van der Waals surface area (Å²) in [6.45, 7) is 6.87. The number of carbonyl (C=O) groups is 1. The average molecular weight is 280 g/mol. The van der Waals surface area contributed by atoms with Crippen molar-refractivity contribution in [3.8, 4) is 0 Å². The first-order valence-electron chi connectivity index (χ1n) is 6.18. The monoisotopic (exact) mass is 280 g/mol. The highest BCUT2D eigenvalue weighted by Gasteiger charge is 2.18. The number of nitrogens with two attached hydrogens (primary N) is 1. The van der Waals surface area contributed by atoms with Crippen LogP contribution in [0.25, 0.3) is 0 Å². The zero-order valence-corrected chi connectivity index (χ0v) is 12.3. The Morgan fingerprint density at radius 1 is 1.32 bits per heavy atom. The number of carbonyl (C=O) groups excluding carboxylic acids is 1. The van der Waals surface area contributed by atoms with Crippen LogP contribution in [-0.4, -0.2) is 29.6 Å². The smallest absolute Gasteiger partial charge is 0.251 e. The van der Waals surface area contributed by atoms with Crippen LogP contribution in [0.4, 0.5) is 0 Å². The van der Waals surface area contributed by atoms with Crippen molar-refractivity contribution in [2.45, 2.75) is 26.4 Å². The van der Waals surface area contributed by atoms with Gasteiger partial charge in [-0.2, -0.15) is 0 Å². The van der Waals surface area contributed by atoms with Crippen molar-refractivity contribution in [2.24, 2.45) is 5.73 Å². The maximum Gasteiger partial charge on any atom is 0.251 e. The van der Waals surface area contributed by atoms with E-state index in [2.05, 4.69) is 5.32 Å². The number of rotatable bonds is 6. The Morgan fingerprint density at radius 2 is 1.84 bits per heavy atom. The summed E-state index contributed by atoms with van der Waals surface area (Å²) in [5.41, 5.74) is 6.46. The molecule has 3 N–H and O–H groups in total. The van der Waals surface area contributed by atoms with Gasteiger partial charge in [0.05, 0.1) is 5.60 Å². The molecule has 0 bridgehead atoms. The van der Waals surface area contributed by atoms with Gasteiger partial charge in [0, 0.05) is 24.3 Å². The molecule has 4 nitrogen and oxygen atoms in total. The molecule has 0 saturated heterocycles. The van der Waals surface area contributed by atoms with E-state index in [1.807, 2.05) is 20.8 Å². The van der Waals surface area contributed by atoms with Crippen LogP contribution in [-0.2, 0) is 4.74 Å². The number of hydrogen-bond acceptors (Lipinski definition) is 3. The van der Waals surface area contributed by atoms with Crippen LogP contribution < -0.4 is 11.1 Å². The lowest BCUT2D eigenvalue weighted by molar-refractivity contribution is -0.00815. The molecular formula is C14H20N2O2S. The molecule has 0 unspecified atom stereocenters. The van der Waals surface area contributed by atoms with Gasteiger partial charge in [0.15, 0.2) is 0 Å². The number of hydrogen-bond donors (Lipinski definition) is 2. The van der Waals surface area contributed by atoms with Crippen LogP contribution in [0.3, 0.4) is 0 Å². The maximum atomic E-state index is 11.9. The molecule has 0 aliphatic carbocycles. The first-order valence-corrected chi connectivity index (χ1v) is 6.58. The minimum atomic E-state index is -0.372. The van der Waals surface area contributed by atoms with Crippen LogP contribution in [0, 0.1) is 0 Å². The Labute approximate surface area is 119 Å². The van der Waals surface area contributed by atoms with Crippen molar-refractivity contribution in [3.63, 3.8) is 0 Å². The van der Waals surface area contributed by atoms with Crippen molar-refractivity contribution in [1.29, 1.82) is 0 Å². The lowest BCUT2D eigenvalue weighted by Crippen LogP contribution is -2.40. The van der Waals surface area contributed by atoms with Gasteiger partial charge < -0.3 is 15.8 Å². The summed E-state index contributed by atoms with van der Waals surface area (Å²) in [4.78, 5) is 12.3. The summed E-state index contributed by atoms with van der Waals surface area (Å²) < 4.78 is 5.52. The molecule has 1 rings (SSSR count). The molecule has 19 heavy (non-hydrogen) atoms. The summed E-state index contributed by atoms with van der Waals surface area (Å²) in [5, 5.41) is 2.84. The minimum absolute atomic E-state index is 0.137. The van der Waals surface area contributed by atoms with Crippen LogP contribution in [0.1, 0.15) is 36.7 Å². The average Bonchev–Trinajstić information content (AvgIpc) is 2.36. The second kappa shape index (κ2) is 6.63. The predicted molar refractivity (Wildman–Crippen MR) is 80.4 cm³/mol. The number of ether oxygens (including phenoxy) is 1. The predicted octanol–water partition coefficient (Wildman–Crippen LogP) is 1.87. The van der Waals surface area contributed by atoms with Crippen LogP contribution in [0.2, 0.25) is 0 Å². The highest BCUT2D eigenvalue weighted by molar-refractivity contribution is 7.80. The molecule has 1 aromatic rings. The standard InChI is InChI=1S/C14H20N2O2S/c1-4-18-14(2,3)9-16-13(17)11-7-5-10(6-8-11)12(15)19/h5-8H,4,9H2,1-3H3,(H2,15,19)(H,16,17). The Balaban J connectivity index is 2.61. The Hall–Kier alpha value is -1.46. The fourth-order valence-corrected chi connectivity index (χ4v) is 1.76. The number of nitrogens with one attached hydrogen (secondary N) is 1. The zero-order chi connectivity index (χ0) is 14.5. The van der Waals surface area contributed by atoms with E-state index in [1.54, 1.807) is 24.3 Å². The second-order valence-corrected chi connectivity index (χ2v) is 5.26. The lowest BCUT2D eigenvalue weighted by Gasteiger charge is -2.24. The van der Waals surface area contributed by atoms with Gasteiger partial charge in [0.2, 0.25) is 0 Å². The molecule has 1 amide bonds. The summed E-state index contributed by atoms with van der Waals surface area (Å²) in [7, 11) is 0. The van der Waals surface area contributed by atoms with Gasteiger partial charge in [-0.3, -0.25) is 4.79 Å². The molecule has 1 aromatic carbocycles. The molecule has 0 spiro atoms. The van der Waals surface area contributed by atoms with Gasteiger partial charge in [-0.25, -0.2) is 0 Å². The van der Waals surface area contributed by atoms with Crippen molar-refractivity contribution in [3.05, 3.63) is 35.4 Å². The van der Waals surface area contributed by atoms with E-state index < -0.39 is 0 Å². The molecule has 0 fully saturated rings. The van der Waals surface area contributed by atoms with Crippen molar-refractivity contribution < 1.29 is 9.53 Å². The third-order valence-electron chi connectivity index (χ3n) is 2.64. The highest BCUT2D eigenvalue weighted by atomic mass is 32.1. The molecular weight excluding hydrogens is 260 g/mol. The van der Waals surface area contributed by atoms with E-state index in [1.165, 1.54) is 0 Å². The number of thiocarbonyl (C=S) groups is 1. The van der Waals surface area contributed by atoms with E-state index in [0.29, 0.717) is 23.7 Å². The Morgan fingerprint density at radius 3 is 2.32 bits per heavy atom. The van der Waals surface area contributed by atoms with Crippen molar-refractivity contribution >= 4 is 23.1 Å². The maximum absolute atomic E-state index is 11.9. The third-order valence-corrected chi connectivity index (χ3v) is 2.88. The highest BCUT2D eigenvalue weighted by Crippen LogP contribution is 2.08. The second-order valence-electron chi connectivity index (χ2n) is 4.82. The van der Waals surface area contributed by atoms with Crippen LogP contribution in [0.15, 0.2) is 24.3 Å². The van der Waals surface area contributed by atoms with Gasteiger partial charge in [0.1, 0.15) is 4.99 Å². The fraction of sp³-hybridized carbons (Fsp3) is 0.429. The lowest BCUT2D eigenvalue weighted by atomic mass is 10.1. The molecule has 0 heterocycles.